The number of hydrogen-bond donors (Lipinski definition) is 2. The summed E-state index contributed by atoms with van der Waals surface area (Å²) < 4.78 is 11.0. The molecule has 22 heavy (non-hydrogen) atoms. The minimum atomic E-state index is -0.0768. The van der Waals surface area contributed by atoms with Gasteiger partial charge in [0.1, 0.15) is 0 Å². The van der Waals surface area contributed by atoms with E-state index in [1.165, 1.54) is 6.42 Å². The zero-order valence-corrected chi connectivity index (χ0v) is 13.5. The van der Waals surface area contributed by atoms with Gasteiger partial charge in [-0.2, -0.15) is 0 Å². The van der Waals surface area contributed by atoms with Crippen molar-refractivity contribution >= 4 is 5.91 Å². The second-order valence-electron chi connectivity index (χ2n) is 5.57. The Morgan fingerprint density at radius 1 is 1.41 bits per heavy atom. The molecule has 1 fully saturated rings. The average molecular weight is 306 g/mol. The summed E-state index contributed by atoms with van der Waals surface area (Å²) in [7, 11) is 1.59. The highest BCUT2D eigenvalue weighted by Crippen LogP contribution is 2.28. The van der Waals surface area contributed by atoms with E-state index in [9.17, 15) is 4.79 Å². The number of carbonyl (C=O) groups excluding carboxylic acids is 1. The molecule has 0 bridgehead atoms. The molecule has 1 aliphatic heterocycles. The fraction of sp³-hybridized carbons (Fsp3) is 0.588. The topological polar surface area (TPSA) is 59.6 Å². The molecular weight excluding hydrogens is 280 g/mol. The lowest BCUT2D eigenvalue weighted by Crippen LogP contribution is -2.37. The molecule has 0 aliphatic carbocycles. The monoisotopic (exact) mass is 306 g/mol. The van der Waals surface area contributed by atoms with Crippen molar-refractivity contribution in [2.45, 2.75) is 38.6 Å². The summed E-state index contributed by atoms with van der Waals surface area (Å²) in [4.78, 5) is 12.2. The van der Waals surface area contributed by atoms with Crippen LogP contribution in [0, 0.1) is 0 Å². The van der Waals surface area contributed by atoms with E-state index in [0.717, 1.165) is 25.8 Å². The van der Waals surface area contributed by atoms with Gasteiger partial charge in [0.25, 0.3) is 5.91 Å². The molecule has 2 rings (SSSR count). The first-order valence-corrected chi connectivity index (χ1v) is 8.07. The maximum atomic E-state index is 12.2. The molecule has 0 aromatic heterocycles. The molecule has 5 heteroatoms. The molecule has 2 N–H and O–H groups in total. The molecule has 1 atom stereocenters. The lowest BCUT2D eigenvalue weighted by Gasteiger charge is -2.14. The fourth-order valence-electron chi connectivity index (χ4n) is 2.50. The van der Waals surface area contributed by atoms with Crippen LogP contribution in [0.5, 0.6) is 11.5 Å². The van der Waals surface area contributed by atoms with Crippen molar-refractivity contribution < 1.29 is 14.3 Å². The highest BCUT2D eigenvalue weighted by atomic mass is 16.5. The van der Waals surface area contributed by atoms with Crippen LogP contribution < -0.4 is 20.1 Å². The van der Waals surface area contributed by atoms with Crippen LogP contribution in [0.3, 0.4) is 0 Å². The van der Waals surface area contributed by atoms with Crippen LogP contribution in [0.1, 0.15) is 43.0 Å². The molecule has 1 saturated heterocycles. The summed E-state index contributed by atoms with van der Waals surface area (Å²) in [5.41, 5.74) is 0.595. The van der Waals surface area contributed by atoms with Crippen molar-refractivity contribution in [3.63, 3.8) is 0 Å². The lowest BCUT2D eigenvalue weighted by atomic mass is 10.1. The molecule has 0 spiro atoms. The zero-order valence-electron chi connectivity index (χ0n) is 13.5. The second-order valence-corrected chi connectivity index (χ2v) is 5.57. The van der Waals surface area contributed by atoms with Crippen LogP contribution in [0.2, 0.25) is 0 Å². The van der Waals surface area contributed by atoms with Crippen molar-refractivity contribution in [1.82, 2.24) is 10.6 Å². The van der Waals surface area contributed by atoms with Crippen LogP contribution in [0.25, 0.3) is 0 Å². The third-order valence-corrected chi connectivity index (χ3v) is 3.85. The van der Waals surface area contributed by atoms with Crippen LogP contribution in [0.15, 0.2) is 18.2 Å². The Bertz CT molecular complexity index is 485. The van der Waals surface area contributed by atoms with Gasteiger partial charge >= 0.3 is 0 Å². The maximum absolute atomic E-state index is 12.2. The van der Waals surface area contributed by atoms with E-state index in [-0.39, 0.29) is 5.91 Å². The number of unbranched alkanes of at least 4 members (excludes halogenated alkanes) is 1. The van der Waals surface area contributed by atoms with Crippen LogP contribution >= 0.6 is 0 Å². The zero-order chi connectivity index (χ0) is 15.8. The number of nitrogens with one attached hydrogen (secondary N) is 2. The smallest absolute Gasteiger partial charge is 0.251 e. The third kappa shape index (κ3) is 4.63. The number of ether oxygens (including phenoxy) is 2. The Kier molecular flexibility index (Phi) is 6.52. The summed E-state index contributed by atoms with van der Waals surface area (Å²) in [6.45, 7) is 4.48. The fourth-order valence-corrected chi connectivity index (χ4v) is 2.50. The molecule has 1 heterocycles. The van der Waals surface area contributed by atoms with Gasteiger partial charge in [-0.15, -0.1) is 0 Å². The predicted octanol–water partition coefficient (Wildman–Crippen LogP) is 2.36. The highest BCUT2D eigenvalue weighted by Gasteiger charge is 2.16. The number of amides is 1. The van der Waals surface area contributed by atoms with Gasteiger partial charge in [0, 0.05) is 18.2 Å². The van der Waals surface area contributed by atoms with E-state index in [2.05, 4.69) is 17.6 Å². The minimum Gasteiger partial charge on any atom is -0.493 e. The summed E-state index contributed by atoms with van der Waals surface area (Å²) in [6, 6.07) is 5.71. The van der Waals surface area contributed by atoms with Gasteiger partial charge in [0.05, 0.1) is 13.7 Å². The Morgan fingerprint density at radius 2 is 2.27 bits per heavy atom. The molecule has 122 valence electrons. The average Bonchev–Trinajstić information content (AvgIpc) is 3.06. The number of methoxy groups -OCH3 is 1. The summed E-state index contributed by atoms with van der Waals surface area (Å²) in [5, 5.41) is 6.33. The molecule has 0 saturated carbocycles. The van der Waals surface area contributed by atoms with Crippen LogP contribution in [-0.4, -0.2) is 38.8 Å². The first-order chi connectivity index (χ1) is 10.7. The molecule has 1 aromatic carbocycles. The van der Waals surface area contributed by atoms with Crippen LogP contribution in [-0.2, 0) is 0 Å². The van der Waals surface area contributed by atoms with Gasteiger partial charge in [0.15, 0.2) is 11.5 Å². The van der Waals surface area contributed by atoms with E-state index in [1.807, 2.05) is 0 Å². The highest BCUT2D eigenvalue weighted by molar-refractivity contribution is 5.94. The largest absolute Gasteiger partial charge is 0.493 e. The van der Waals surface area contributed by atoms with Gasteiger partial charge in [-0.25, -0.2) is 0 Å². The third-order valence-electron chi connectivity index (χ3n) is 3.85. The van der Waals surface area contributed by atoms with Crippen molar-refractivity contribution in [2.75, 3.05) is 26.8 Å². The minimum absolute atomic E-state index is 0.0768. The first-order valence-electron chi connectivity index (χ1n) is 8.07. The van der Waals surface area contributed by atoms with E-state index in [4.69, 9.17) is 9.47 Å². The van der Waals surface area contributed by atoms with Gasteiger partial charge < -0.3 is 20.1 Å². The summed E-state index contributed by atoms with van der Waals surface area (Å²) >= 11 is 0. The number of hydrogen-bond acceptors (Lipinski definition) is 4. The van der Waals surface area contributed by atoms with Crippen molar-refractivity contribution in [1.29, 1.82) is 0 Å². The Morgan fingerprint density at radius 3 is 2.95 bits per heavy atom. The summed E-state index contributed by atoms with van der Waals surface area (Å²) in [6.07, 6.45) is 4.38. The standard InChI is InChI=1S/C17H26N2O3/c1-3-4-10-22-15-8-7-13(11-16(15)21-2)17(20)19-12-14-6-5-9-18-14/h7-8,11,14,18H,3-6,9-10,12H2,1-2H3,(H,19,20). The van der Waals surface area contributed by atoms with Gasteiger partial charge in [-0.1, -0.05) is 13.3 Å². The molecule has 1 amide bonds. The SMILES string of the molecule is CCCCOc1ccc(C(=O)NCC2CCCN2)cc1OC. The van der Waals surface area contributed by atoms with Gasteiger partial charge in [-0.3, -0.25) is 4.79 Å². The maximum Gasteiger partial charge on any atom is 0.251 e. The van der Waals surface area contributed by atoms with E-state index >= 15 is 0 Å². The molecule has 5 nitrogen and oxygen atoms in total. The number of rotatable bonds is 8. The number of carbonyl (C=O) groups is 1. The first kappa shape index (κ1) is 16.6. The second kappa shape index (κ2) is 8.63. The van der Waals surface area contributed by atoms with Crippen molar-refractivity contribution in [3.8, 4) is 11.5 Å². The molecule has 0 radical (unpaired) electrons. The normalized spacial score (nSPS) is 17.3. The van der Waals surface area contributed by atoms with Crippen molar-refractivity contribution in [3.05, 3.63) is 23.8 Å². The van der Waals surface area contributed by atoms with Gasteiger partial charge in [-0.05, 0) is 44.0 Å². The van der Waals surface area contributed by atoms with Gasteiger partial charge in [0.2, 0.25) is 0 Å². The number of benzene rings is 1. The van der Waals surface area contributed by atoms with Crippen molar-refractivity contribution in [2.24, 2.45) is 0 Å². The Balaban J connectivity index is 1.93. The molecule has 1 aliphatic rings. The lowest BCUT2D eigenvalue weighted by molar-refractivity contribution is 0.0950. The Labute approximate surface area is 132 Å². The molecule has 1 unspecified atom stereocenters. The molecular formula is C17H26N2O3. The van der Waals surface area contributed by atoms with E-state index in [0.29, 0.717) is 36.3 Å². The summed E-state index contributed by atoms with van der Waals surface area (Å²) in [5.74, 6) is 1.21. The van der Waals surface area contributed by atoms with E-state index < -0.39 is 0 Å². The van der Waals surface area contributed by atoms with Crippen LogP contribution in [0.4, 0.5) is 0 Å². The van der Waals surface area contributed by atoms with E-state index in [1.54, 1.807) is 25.3 Å². The Hall–Kier alpha value is -1.75. The quantitative estimate of drug-likeness (QED) is 0.724. The molecule has 1 aromatic rings. The predicted molar refractivity (Wildman–Crippen MR) is 86.8 cm³/mol.